The van der Waals surface area contributed by atoms with E-state index < -0.39 is 10.0 Å². The van der Waals surface area contributed by atoms with Gasteiger partial charge in [-0.3, -0.25) is 0 Å². The second-order valence-electron chi connectivity index (χ2n) is 6.08. The van der Waals surface area contributed by atoms with E-state index >= 15 is 0 Å². The highest BCUT2D eigenvalue weighted by molar-refractivity contribution is 7.89. The second-order valence-corrected chi connectivity index (χ2v) is 7.82. The first-order chi connectivity index (χ1) is 9.18. The van der Waals surface area contributed by atoms with Gasteiger partial charge in [-0.15, -0.1) is 0 Å². The zero-order chi connectivity index (χ0) is 15.4. The molecular weight excluding hydrogens is 274 g/mol. The Kier molecular flexibility index (Phi) is 5.74. The van der Waals surface area contributed by atoms with E-state index in [0.717, 1.165) is 17.5 Å². The van der Waals surface area contributed by atoms with Crippen molar-refractivity contribution in [1.82, 2.24) is 4.72 Å². The van der Waals surface area contributed by atoms with E-state index in [1.54, 1.807) is 19.1 Å². The molecule has 1 aromatic carbocycles. The molecule has 0 saturated carbocycles. The van der Waals surface area contributed by atoms with Gasteiger partial charge in [0.2, 0.25) is 10.0 Å². The third kappa shape index (κ3) is 4.89. The molecule has 0 fully saturated rings. The number of aliphatic hydroxyl groups excluding tert-OH is 1. The number of rotatable bonds is 7. The maximum absolute atomic E-state index is 12.3. The fourth-order valence-electron chi connectivity index (χ4n) is 2.11. The van der Waals surface area contributed by atoms with Crippen molar-refractivity contribution < 1.29 is 13.5 Å². The van der Waals surface area contributed by atoms with Crippen LogP contribution in [0.4, 0.5) is 0 Å². The molecule has 0 spiro atoms. The van der Waals surface area contributed by atoms with Crippen LogP contribution in [0.5, 0.6) is 0 Å². The summed E-state index contributed by atoms with van der Waals surface area (Å²) in [5.41, 5.74) is 1.63. The minimum absolute atomic E-state index is 0.132. The number of sulfonamides is 1. The molecule has 0 amide bonds. The molecule has 0 aromatic heterocycles. The predicted molar refractivity (Wildman–Crippen MR) is 81.2 cm³/mol. The van der Waals surface area contributed by atoms with Crippen molar-refractivity contribution in [3.05, 3.63) is 29.3 Å². The summed E-state index contributed by atoms with van der Waals surface area (Å²) in [6.07, 6.45) is 1.46. The first-order valence-electron chi connectivity index (χ1n) is 6.86. The molecule has 2 N–H and O–H groups in total. The summed E-state index contributed by atoms with van der Waals surface area (Å²) in [6, 6.07) is 5.32. The van der Waals surface area contributed by atoms with Gasteiger partial charge in [0.15, 0.2) is 0 Å². The Labute approximate surface area is 122 Å². The number of hydrogen-bond acceptors (Lipinski definition) is 3. The summed E-state index contributed by atoms with van der Waals surface area (Å²) >= 11 is 0. The Bertz CT molecular complexity index is 550. The van der Waals surface area contributed by atoms with E-state index in [4.69, 9.17) is 5.11 Å². The number of aryl methyl sites for hydroxylation is 2. The Morgan fingerprint density at radius 2 is 1.90 bits per heavy atom. The molecule has 1 rings (SSSR count). The van der Waals surface area contributed by atoms with E-state index in [1.807, 2.05) is 26.8 Å². The van der Waals surface area contributed by atoms with Crippen LogP contribution in [0.25, 0.3) is 0 Å². The monoisotopic (exact) mass is 299 g/mol. The smallest absolute Gasteiger partial charge is 0.240 e. The number of aliphatic hydroxyl groups is 1. The van der Waals surface area contributed by atoms with Crippen molar-refractivity contribution in [2.45, 2.75) is 45.4 Å². The van der Waals surface area contributed by atoms with E-state index in [-0.39, 0.29) is 12.0 Å². The molecule has 0 saturated heterocycles. The Hall–Kier alpha value is -0.910. The molecule has 0 aliphatic heterocycles. The van der Waals surface area contributed by atoms with Crippen LogP contribution in [0, 0.1) is 19.3 Å². The molecule has 1 aromatic rings. The maximum atomic E-state index is 12.3. The van der Waals surface area contributed by atoms with Gasteiger partial charge in [-0.05, 0) is 43.7 Å². The van der Waals surface area contributed by atoms with E-state index in [9.17, 15) is 8.42 Å². The lowest BCUT2D eigenvalue weighted by Crippen LogP contribution is -2.34. The van der Waals surface area contributed by atoms with Crippen LogP contribution in [-0.2, 0) is 10.0 Å². The Balaban J connectivity index is 2.80. The quantitative estimate of drug-likeness (QED) is 0.812. The molecule has 20 heavy (non-hydrogen) atoms. The van der Waals surface area contributed by atoms with Crippen LogP contribution in [0.1, 0.15) is 37.8 Å². The average Bonchev–Trinajstić information content (AvgIpc) is 2.34. The van der Waals surface area contributed by atoms with Crippen LogP contribution in [0.2, 0.25) is 0 Å². The van der Waals surface area contributed by atoms with Gasteiger partial charge in [0.25, 0.3) is 0 Å². The van der Waals surface area contributed by atoms with Crippen molar-refractivity contribution in [3.8, 4) is 0 Å². The molecule has 0 unspecified atom stereocenters. The van der Waals surface area contributed by atoms with Crippen molar-refractivity contribution in [3.63, 3.8) is 0 Å². The third-order valence-electron chi connectivity index (χ3n) is 3.37. The summed E-state index contributed by atoms with van der Waals surface area (Å²) < 4.78 is 27.3. The van der Waals surface area contributed by atoms with Crippen LogP contribution in [0.3, 0.4) is 0 Å². The first-order valence-corrected chi connectivity index (χ1v) is 8.34. The fourth-order valence-corrected chi connectivity index (χ4v) is 3.58. The summed E-state index contributed by atoms with van der Waals surface area (Å²) in [4.78, 5) is 0.334. The van der Waals surface area contributed by atoms with E-state index in [1.165, 1.54) is 0 Å². The van der Waals surface area contributed by atoms with Crippen LogP contribution in [-0.4, -0.2) is 26.7 Å². The van der Waals surface area contributed by atoms with Crippen molar-refractivity contribution in [2.24, 2.45) is 5.41 Å². The Morgan fingerprint density at radius 1 is 1.25 bits per heavy atom. The fraction of sp³-hybridized carbons (Fsp3) is 0.600. The summed E-state index contributed by atoms with van der Waals surface area (Å²) in [6.45, 7) is 8.23. The van der Waals surface area contributed by atoms with Gasteiger partial charge in [0, 0.05) is 13.2 Å². The van der Waals surface area contributed by atoms with Gasteiger partial charge in [-0.1, -0.05) is 31.5 Å². The number of hydrogen-bond donors (Lipinski definition) is 2. The lowest BCUT2D eigenvalue weighted by molar-refractivity contribution is 0.242. The molecule has 0 aliphatic carbocycles. The third-order valence-corrected chi connectivity index (χ3v) is 4.93. The standard InChI is InChI=1S/C15H25NO3S/c1-12-6-7-14(13(2)10-12)20(18,19)16-11-15(3,4)8-5-9-17/h6-7,10,16-17H,5,8-9,11H2,1-4H3. The highest BCUT2D eigenvalue weighted by atomic mass is 32.2. The SMILES string of the molecule is Cc1ccc(S(=O)(=O)NCC(C)(C)CCCO)c(C)c1. The zero-order valence-corrected chi connectivity index (χ0v) is 13.5. The van der Waals surface area contributed by atoms with Gasteiger partial charge in [-0.2, -0.15) is 0 Å². The van der Waals surface area contributed by atoms with Crippen LogP contribution in [0.15, 0.2) is 23.1 Å². The van der Waals surface area contributed by atoms with Gasteiger partial charge >= 0.3 is 0 Å². The molecule has 0 aliphatic rings. The van der Waals surface area contributed by atoms with Crippen molar-refractivity contribution in [1.29, 1.82) is 0 Å². The topological polar surface area (TPSA) is 66.4 Å². The molecule has 0 radical (unpaired) electrons. The molecular formula is C15H25NO3S. The number of nitrogens with one attached hydrogen (secondary N) is 1. The lowest BCUT2D eigenvalue weighted by Gasteiger charge is -2.24. The molecule has 0 heterocycles. The average molecular weight is 299 g/mol. The van der Waals surface area contributed by atoms with Gasteiger partial charge < -0.3 is 5.11 Å². The van der Waals surface area contributed by atoms with Crippen LogP contribution < -0.4 is 4.72 Å². The maximum Gasteiger partial charge on any atom is 0.240 e. The number of benzene rings is 1. The summed E-state index contributed by atoms with van der Waals surface area (Å²) in [7, 11) is -3.48. The second kappa shape index (κ2) is 6.70. The summed E-state index contributed by atoms with van der Waals surface area (Å²) in [5, 5.41) is 8.86. The van der Waals surface area contributed by atoms with Crippen LogP contribution >= 0.6 is 0 Å². The minimum Gasteiger partial charge on any atom is -0.396 e. The molecule has 114 valence electrons. The van der Waals surface area contributed by atoms with Gasteiger partial charge in [-0.25, -0.2) is 13.1 Å². The van der Waals surface area contributed by atoms with E-state index in [0.29, 0.717) is 17.9 Å². The van der Waals surface area contributed by atoms with Gasteiger partial charge in [0.1, 0.15) is 0 Å². The zero-order valence-electron chi connectivity index (χ0n) is 12.7. The highest BCUT2D eigenvalue weighted by Gasteiger charge is 2.23. The molecule has 5 heteroatoms. The molecule has 4 nitrogen and oxygen atoms in total. The molecule has 0 atom stereocenters. The lowest BCUT2D eigenvalue weighted by atomic mass is 9.88. The van der Waals surface area contributed by atoms with Crippen molar-refractivity contribution >= 4 is 10.0 Å². The van der Waals surface area contributed by atoms with Crippen molar-refractivity contribution in [2.75, 3.05) is 13.2 Å². The largest absolute Gasteiger partial charge is 0.396 e. The predicted octanol–water partition coefficient (Wildman–Crippen LogP) is 2.38. The minimum atomic E-state index is -3.48. The highest BCUT2D eigenvalue weighted by Crippen LogP contribution is 2.23. The normalized spacial score (nSPS) is 12.7. The van der Waals surface area contributed by atoms with E-state index in [2.05, 4.69) is 4.72 Å². The Morgan fingerprint density at radius 3 is 2.45 bits per heavy atom. The first kappa shape index (κ1) is 17.1. The molecule has 0 bridgehead atoms. The summed E-state index contributed by atoms with van der Waals surface area (Å²) in [5.74, 6) is 0. The van der Waals surface area contributed by atoms with Gasteiger partial charge in [0.05, 0.1) is 4.90 Å².